The minimum atomic E-state index is -0.0940. The van der Waals surface area contributed by atoms with Gasteiger partial charge in [0.05, 0.1) is 22.3 Å². The van der Waals surface area contributed by atoms with E-state index in [0.29, 0.717) is 48.1 Å². The number of hydrogen-bond donors (Lipinski definition) is 0. The van der Waals surface area contributed by atoms with Gasteiger partial charge in [0.25, 0.3) is 11.8 Å². The maximum Gasteiger partial charge on any atom is 0.257 e. The Kier molecular flexibility index (Phi) is 6.57. The summed E-state index contributed by atoms with van der Waals surface area (Å²) in [5.41, 5.74) is 1.06. The molecule has 2 amide bonds. The van der Waals surface area contributed by atoms with Crippen LogP contribution in [0.25, 0.3) is 0 Å². The first-order chi connectivity index (χ1) is 13.5. The molecule has 5 nitrogen and oxygen atoms in total. The zero-order chi connectivity index (χ0) is 20.1. The second kappa shape index (κ2) is 9.11. The highest BCUT2D eigenvalue weighted by molar-refractivity contribution is 6.33. The van der Waals surface area contributed by atoms with Crippen molar-refractivity contribution >= 4 is 23.4 Å². The van der Waals surface area contributed by atoms with Crippen LogP contribution in [-0.4, -0.2) is 53.9 Å². The Morgan fingerprint density at radius 2 is 1.39 bits per heavy atom. The molecule has 0 saturated carbocycles. The van der Waals surface area contributed by atoms with Crippen LogP contribution in [0.15, 0.2) is 48.5 Å². The standard InChI is InChI=1S/C22H25ClN2O3/c1-16(2)28-20-11-6-4-9-18(20)22(27)25-13-7-12-24(14-15-25)21(26)17-8-3-5-10-19(17)23/h3-6,8-11,16H,7,12-15H2,1-2H3. The fraction of sp³-hybridized carbons (Fsp3) is 0.364. The molecule has 1 saturated heterocycles. The number of halogens is 1. The predicted molar refractivity (Wildman–Crippen MR) is 110 cm³/mol. The Labute approximate surface area is 170 Å². The molecular formula is C22H25ClN2O3. The lowest BCUT2D eigenvalue weighted by Gasteiger charge is -2.23. The lowest BCUT2D eigenvalue weighted by Crippen LogP contribution is -2.37. The molecule has 0 radical (unpaired) electrons. The van der Waals surface area contributed by atoms with Crippen LogP contribution in [0.4, 0.5) is 0 Å². The monoisotopic (exact) mass is 400 g/mol. The fourth-order valence-electron chi connectivity index (χ4n) is 3.30. The molecule has 1 fully saturated rings. The van der Waals surface area contributed by atoms with E-state index in [1.165, 1.54) is 0 Å². The van der Waals surface area contributed by atoms with E-state index in [4.69, 9.17) is 16.3 Å². The Morgan fingerprint density at radius 1 is 0.857 bits per heavy atom. The summed E-state index contributed by atoms with van der Waals surface area (Å²) in [6, 6.07) is 14.4. The summed E-state index contributed by atoms with van der Waals surface area (Å²) in [6.45, 7) is 6.02. The van der Waals surface area contributed by atoms with Gasteiger partial charge in [-0.2, -0.15) is 0 Å². The Balaban J connectivity index is 1.71. The van der Waals surface area contributed by atoms with Crippen LogP contribution >= 0.6 is 11.6 Å². The van der Waals surface area contributed by atoms with Gasteiger partial charge < -0.3 is 14.5 Å². The van der Waals surface area contributed by atoms with Gasteiger partial charge in [0, 0.05) is 26.2 Å². The average molecular weight is 401 g/mol. The van der Waals surface area contributed by atoms with Crippen LogP contribution in [0.5, 0.6) is 5.75 Å². The van der Waals surface area contributed by atoms with Gasteiger partial charge in [-0.3, -0.25) is 9.59 Å². The van der Waals surface area contributed by atoms with Gasteiger partial charge in [-0.05, 0) is 44.5 Å². The van der Waals surface area contributed by atoms with Gasteiger partial charge in [-0.25, -0.2) is 0 Å². The van der Waals surface area contributed by atoms with E-state index in [0.717, 1.165) is 6.42 Å². The molecule has 1 heterocycles. The number of para-hydroxylation sites is 1. The quantitative estimate of drug-likeness (QED) is 0.775. The number of ether oxygens (including phenoxy) is 1. The molecular weight excluding hydrogens is 376 g/mol. The summed E-state index contributed by atoms with van der Waals surface area (Å²) in [5.74, 6) is 0.433. The number of nitrogens with zero attached hydrogens (tertiary/aromatic N) is 2. The van der Waals surface area contributed by atoms with Crippen molar-refractivity contribution in [1.29, 1.82) is 0 Å². The zero-order valence-electron chi connectivity index (χ0n) is 16.2. The van der Waals surface area contributed by atoms with Crippen molar-refractivity contribution < 1.29 is 14.3 Å². The highest BCUT2D eigenvalue weighted by Crippen LogP contribution is 2.23. The molecule has 0 N–H and O–H groups in total. The molecule has 3 rings (SSSR count). The minimum absolute atomic E-state index is 0.0122. The van der Waals surface area contributed by atoms with Crippen molar-refractivity contribution in [3.63, 3.8) is 0 Å². The normalized spacial score (nSPS) is 14.7. The van der Waals surface area contributed by atoms with E-state index in [2.05, 4.69) is 0 Å². The molecule has 1 aliphatic rings. The van der Waals surface area contributed by atoms with Crippen LogP contribution in [0.2, 0.25) is 5.02 Å². The Hall–Kier alpha value is -2.53. The first-order valence-corrected chi connectivity index (χ1v) is 9.94. The van der Waals surface area contributed by atoms with Gasteiger partial charge in [0.1, 0.15) is 5.75 Å². The molecule has 148 valence electrons. The van der Waals surface area contributed by atoms with Gasteiger partial charge in [-0.15, -0.1) is 0 Å². The third-order valence-electron chi connectivity index (χ3n) is 4.65. The van der Waals surface area contributed by atoms with Crippen LogP contribution < -0.4 is 4.74 Å². The smallest absolute Gasteiger partial charge is 0.257 e. The lowest BCUT2D eigenvalue weighted by molar-refractivity contribution is 0.0715. The molecule has 28 heavy (non-hydrogen) atoms. The van der Waals surface area contributed by atoms with Crippen molar-refractivity contribution in [2.24, 2.45) is 0 Å². The fourth-order valence-corrected chi connectivity index (χ4v) is 3.52. The summed E-state index contributed by atoms with van der Waals surface area (Å²) in [7, 11) is 0. The van der Waals surface area contributed by atoms with Gasteiger partial charge >= 0.3 is 0 Å². The maximum atomic E-state index is 13.1. The van der Waals surface area contributed by atoms with E-state index < -0.39 is 0 Å². The van der Waals surface area contributed by atoms with Gasteiger partial charge in [-0.1, -0.05) is 35.9 Å². The third kappa shape index (κ3) is 4.65. The van der Waals surface area contributed by atoms with E-state index in [-0.39, 0.29) is 17.9 Å². The molecule has 0 aliphatic carbocycles. The van der Waals surface area contributed by atoms with Crippen molar-refractivity contribution in [1.82, 2.24) is 9.80 Å². The molecule has 6 heteroatoms. The number of carbonyl (C=O) groups excluding carboxylic acids is 2. The first-order valence-electron chi connectivity index (χ1n) is 9.56. The van der Waals surface area contributed by atoms with E-state index in [1.807, 2.05) is 32.0 Å². The second-order valence-electron chi connectivity index (χ2n) is 7.08. The number of rotatable bonds is 4. The van der Waals surface area contributed by atoms with E-state index in [9.17, 15) is 9.59 Å². The molecule has 0 unspecified atom stereocenters. The average Bonchev–Trinajstić information content (AvgIpc) is 2.93. The summed E-state index contributed by atoms with van der Waals surface area (Å²) >= 11 is 6.17. The lowest BCUT2D eigenvalue weighted by atomic mass is 10.1. The van der Waals surface area contributed by atoms with Crippen LogP contribution in [-0.2, 0) is 0 Å². The molecule has 0 aromatic heterocycles. The molecule has 2 aromatic carbocycles. The topological polar surface area (TPSA) is 49.9 Å². The van der Waals surface area contributed by atoms with Crippen LogP contribution in [0, 0.1) is 0 Å². The van der Waals surface area contributed by atoms with Crippen molar-refractivity contribution in [2.45, 2.75) is 26.4 Å². The van der Waals surface area contributed by atoms with Crippen molar-refractivity contribution in [3.05, 3.63) is 64.7 Å². The Morgan fingerprint density at radius 3 is 2.00 bits per heavy atom. The molecule has 1 aliphatic heterocycles. The largest absolute Gasteiger partial charge is 0.490 e. The predicted octanol–water partition coefficient (Wildman–Crippen LogP) is 4.12. The number of benzene rings is 2. The molecule has 2 aromatic rings. The summed E-state index contributed by atoms with van der Waals surface area (Å²) in [6.07, 6.45) is 0.705. The maximum absolute atomic E-state index is 13.1. The second-order valence-corrected chi connectivity index (χ2v) is 7.49. The summed E-state index contributed by atoms with van der Waals surface area (Å²) in [4.78, 5) is 29.5. The highest BCUT2D eigenvalue weighted by Gasteiger charge is 2.26. The minimum Gasteiger partial charge on any atom is -0.490 e. The zero-order valence-corrected chi connectivity index (χ0v) is 17.0. The van der Waals surface area contributed by atoms with E-state index in [1.54, 1.807) is 40.1 Å². The van der Waals surface area contributed by atoms with E-state index >= 15 is 0 Å². The third-order valence-corrected chi connectivity index (χ3v) is 4.98. The highest BCUT2D eigenvalue weighted by atomic mass is 35.5. The number of carbonyl (C=O) groups is 2. The first kappa shape index (κ1) is 20.2. The summed E-state index contributed by atoms with van der Waals surface area (Å²) < 4.78 is 5.79. The number of hydrogen-bond acceptors (Lipinski definition) is 3. The van der Waals surface area contributed by atoms with Crippen LogP contribution in [0.3, 0.4) is 0 Å². The Bertz CT molecular complexity index is 853. The van der Waals surface area contributed by atoms with Gasteiger partial charge in [0.2, 0.25) is 0 Å². The van der Waals surface area contributed by atoms with Gasteiger partial charge in [0.15, 0.2) is 0 Å². The van der Waals surface area contributed by atoms with Crippen molar-refractivity contribution in [2.75, 3.05) is 26.2 Å². The molecule has 0 atom stereocenters. The summed E-state index contributed by atoms with van der Waals surface area (Å²) in [5, 5.41) is 0.449. The van der Waals surface area contributed by atoms with Crippen molar-refractivity contribution in [3.8, 4) is 5.75 Å². The molecule has 0 spiro atoms. The van der Waals surface area contributed by atoms with Crippen LogP contribution in [0.1, 0.15) is 41.0 Å². The SMILES string of the molecule is CC(C)Oc1ccccc1C(=O)N1CCCN(C(=O)c2ccccc2Cl)CC1. The molecule has 0 bridgehead atoms. The number of amides is 2.